The third-order valence-electron chi connectivity index (χ3n) is 3.07. The summed E-state index contributed by atoms with van der Waals surface area (Å²) in [6.07, 6.45) is 1.32. The molecule has 2 amide bonds. The maximum absolute atomic E-state index is 11.8. The van der Waals surface area contributed by atoms with E-state index < -0.39 is 12.0 Å². The highest BCUT2D eigenvalue weighted by Crippen LogP contribution is 2.15. The second-order valence-corrected chi connectivity index (χ2v) is 6.65. The molecule has 0 spiro atoms. The van der Waals surface area contributed by atoms with E-state index in [0.717, 1.165) is 10.0 Å². The van der Waals surface area contributed by atoms with Gasteiger partial charge < -0.3 is 14.8 Å². The smallest absolute Gasteiger partial charge is 0.344 e. The first-order valence-corrected chi connectivity index (χ1v) is 8.99. The van der Waals surface area contributed by atoms with Crippen LogP contribution in [0.2, 0.25) is 0 Å². The van der Waals surface area contributed by atoms with E-state index in [4.69, 9.17) is 9.47 Å². The number of rotatable bonds is 7. The third kappa shape index (κ3) is 7.91. The first-order valence-electron chi connectivity index (χ1n) is 8.20. The van der Waals surface area contributed by atoms with Crippen LogP contribution in [-0.2, 0) is 9.53 Å². The van der Waals surface area contributed by atoms with Crippen LogP contribution in [0.1, 0.15) is 19.4 Å². The molecule has 2 aromatic carbocycles. The molecular weight excluding hydrogens is 414 g/mol. The van der Waals surface area contributed by atoms with Crippen LogP contribution in [-0.4, -0.2) is 30.9 Å². The van der Waals surface area contributed by atoms with Crippen LogP contribution in [0.5, 0.6) is 5.75 Å². The predicted molar refractivity (Wildman–Crippen MR) is 107 cm³/mol. The molecule has 2 aromatic rings. The number of benzene rings is 2. The van der Waals surface area contributed by atoms with Crippen molar-refractivity contribution < 1.29 is 19.1 Å². The summed E-state index contributed by atoms with van der Waals surface area (Å²) in [6, 6.07) is 13.7. The number of nitrogens with one attached hydrogen (secondary N) is 2. The van der Waals surface area contributed by atoms with Gasteiger partial charge in [-0.05, 0) is 61.9 Å². The molecule has 7 nitrogen and oxygen atoms in total. The first kappa shape index (κ1) is 20.4. The Bertz CT molecular complexity index is 807. The Labute approximate surface area is 165 Å². The second-order valence-electron chi connectivity index (χ2n) is 5.73. The van der Waals surface area contributed by atoms with Crippen LogP contribution in [0, 0.1) is 0 Å². The number of ether oxygens (including phenoxy) is 2. The van der Waals surface area contributed by atoms with Gasteiger partial charge in [-0.15, -0.1) is 0 Å². The SMILES string of the molecule is CC(C)OC(=O)COc1ccc(/C=N/NC(=O)Nc2cccc(Br)c2)cc1. The molecule has 27 heavy (non-hydrogen) atoms. The number of carbonyl (C=O) groups is 2. The largest absolute Gasteiger partial charge is 0.482 e. The summed E-state index contributed by atoms with van der Waals surface area (Å²) < 4.78 is 11.2. The Hall–Kier alpha value is -2.87. The number of hydrazone groups is 1. The van der Waals surface area contributed by atoms with Crippen LogP contribution in [0.25, 0.3) is 0 Å². The Morgan fingerprint density at radius 1 is 1.19 bits per heavy atom. The van der Waals surface area contributed by atoms with Crippen molar-refractivity contribution in [1.29, 1.82) is 0 Å². The van der Waals surface area contributed by atoms with Gasteiger partial charge in [0.25, 0.3) is 0 Å². The molecule has 0 saturated heterocycles. The van der Waals surface area contributed by atoms with Gasteiger partial charge in [0.1, 0.15) is 5.75 Å². The van der Waals surface area contributed by atoms with Crippen molar-refractivity contribution in [2.45, 2.75) is 20.0 Å². The van der Waals surface area contributed by atoms with Crippen LogP contribution in [0.15, 0.2) is 58.1 Å². The number of carbonyl (C=O) groups excluding carboxylic acids is 2. The van der Waals surface area contributed by atoms with Crippen LogP contribution in [0.3, 0.4) is 0 Å². The summed E-state index contributed by atoms with van der Waals surface area (Å²) >= 11 is 3.33. The number of hydrogen-bond acceptors (Lipinski definition) is 5. The van der Waals surface area contributed by atoms with Gasteiger partial charge in [-0.3, -0.25) is 0 Å². The second kappa shape index (κ2) is 10.3. The van der Waals surface area contributed by atoms with Crippen molar-refractivity contribution in [3.05, 3.63) is 58.6 Å². The van der Waals surface area contributed by atoms with Gasteiger partial charge in [0.15, 0.2) is 6.61 Å². The van der Waals surface area contributed by atoms with Gasteiger partial charge in [0.2, 0.25) is 0 Å². The topological polar surface area (TPSA) is 89.0 Å². The average Bonchev–Trinajstić information content (AvgIpc) is 2.60. The molecule has 0 atom stereocenters. The average molecular weight is 434 g/mol. The van der Waals surface area contributed by atoms with Crippen molar-refractivity contribution in [1.82, 2.24) is 5.43 Å². The van der Waals surface area contributed by atoms with Gasteiger partial charge in [-0.25, -0.2) is 15.0 Å². The lowest BCUT2D eigenvalue weighted by molar-refractivity contribution is -0.149. The zero-order chi connectivity index (χ0) is 19.6. The molecule has 142 valence electrons. The number of halogens is 1. The number of urea groups is 1. The molecule has 0 unspecified atom stereocenters. The zero-order valence-corrected chi connectivity index (χ0v) is 16.5. The molecule has 0 fully saturated rings. The lowest BCUT2D eigenvalue weighted by Gasteiger charge is -2.09. The van der Waals surface area contributed by atoms with Gasteiger partial charge in [0, 0.05) is 10.2 Å². The molecule has 8 heteroatoms. The number of anilines is 1. The van der Waals surface area contributed by atoms with E-state index in [1.165, 1.54) is 6.21 Å². The van der Waals surface area contributed by atoms with Crippen LogP contribution in [0.4, 0.5) is 10.5 Å². The van der Waals surface area contributed by atoms with Crippen molar-refractivity contribution in [2.75, 3.05) is 11.9 Å². The van der Waals surface area contributed by atoms with Gasteiger partial charge in [0.05, 0.1) is 12.3 Å². The van der Waals surface area contributed by atoms with Crippen molar-refractivity contribution in [2.24, 2.45) is 5.10 Å². The summed E-state index contributed by atoms with van der Waals surface area (Å²) in [5.41, 5.74) is 3.79. The minimum absolute atomic E-state index is 0.150. The highest BCUT2D eigenvalue weighted by Gasteiger charge is 2.06. The van der Waals surface area contributed by atoms with E-state index in [1.54, 1.807) is 50.2 Å². The van der Waals surface area contributed by atoms with E-state index in [0.29, 0.717) is 11.4 Å². The highest BCUT2D eigenvalue weighted by atomic mass is 79.9. The zero-order valence-electron chi connectivity index (χ0n) is 14.9. The van der Waals surface area contributed by atoms with E-state index in [-0.39, 0.29) is 12.7 Å². The molecule has 0 aromatic heterocycles. The maximum atomic E-state index is 11.8. The molecule has 0 radical (unpaired) electrons. The molecule has 0 aliphatic carbocycles. The normalized spacial score (nSPS) is 10.7. The summed E-state index contributed by atoms with van der Waals surface area (Å²) in [4.78, 5) is 23.2. The van der Waals surface area contributed by atoms with Crippen molar-refractivity contribution in [3.8, 4) is 5.75 Å². The van der Waals surface area contributed by atoms with Gasteiger partial charge in [-0.2, -0.15) is 5.10 Å². The molecule has 0 bridgehead atoms. The highest BCUT2D eigenvalue weighted by molar-refractivity contribution is 9.10. The fraction of sp³-hybridized carbons (Fsp3) is 0.211. The Balaban J connectivity index is 1.78. The first-order chi connectivity index (χ1) is 12.9. The number of esters is 1. The van der Waals surface area contributed by atoms with Crippen LogP contribution < -0.4 is 15.5 Å². The Kier molecular flexibility index (Phi) is 7.81. The summed E-state index contributed by atoms with van der Waals surface area (Å²) in [5.74, 6) is 0.115. The summed E-state index contributed by atoms with van der Waals surface area (Å²) in [7, 11) is 0. The maximum Gasteiger partial charge on any atom is 0.344 e. The van der Waals surface area contributed by atoms with E-state index in [9.17, 15) is 9.59 Å². The Morgan fingerprint density at radius 3 is 2.59 bits per heavy atom. The fourth-order valence-corrected chi connectivity index (χ4v) is 2.38. The lowest BCUT2D eigenvalue weighted by Crippen LogP contribution is -2.24. The standard InChI is InChI=1S/C19H20BrN3O4/c1-13(2)27-18(24)12-26-17-8-6-14(7-9-17)11-21-23-19(25)22-16-5-3-4-15(20)10-16/h3-11,13H,12H2,1-2H3,(H2,22,23,25)/b21-11+. The molecule has 0 aliphatic heterocycles. The molecule has 0 saturated carbocycles. The van der Waals surface area contributed by atoms with E-state index >= 15 is 0 Å². The fourth-order valence-electron chi connectivity index (χ4n) is 1.98. The van der Waals surface area contributed by atoms with E-state index in [2.05, 4.69) is 31.8 Å². The van der Waals surface area contributed by atoms with Crippen molar-refractivity contribution >= 4 is 39.8 Å². The minimum Gasteiger partial charge on any atom is -0.482 e. The summed E-state index contributed by atoms with van der Waals surface area (Å²) in [6.45, 7) is 3.40. The molecule has 2 rings (SSSR count). The van der Waals surface area contributed by atoms with E-state index in [1.807, 2.05) is 12.1 Å². The molecule has 2 N–H and O–H groups in total. The third-order valence-corrected chi connectivity index (χ3v) is 3.56. The Morgan fingerprint density at radius 2 is 1.93 bits per heavy atom. The number of hydrogen-bond donors (Lipinski definition) is 2. The lowest BCUT2D eigenvalue weighted by atomic mass is 10.2. The quantitative estimate of drug-likeness (QED) is 0.393. The number of amides is 2. The van der Waals surface area contributed by atoms with Gasteiger partial charge >= 0.3 is 12.0 Å². The monoisotopic (exact) mass is 433 g/mol. The minimum atomic E-state index is -0.451. The number of nitrogens with zero attached hydrogens (tertiary/aromatic N) is 1. The molecule has 0 aliphatic rings. The predicted octanol–water partition coefficient (Wildman–Crippen LogP) is 3.94. The van der Waals surface area contributed by atoms with Crippen LogP contribution >= 0.6 is 15.9 Å². The van der Waals surface area contributed by atoms with Gasteiger partial charge in [-0.1, -0.05) is 22.0 Å². The summed E-state index contributed by atoms with van der Waals surface area (Å²) in [5, 5.41) is 6.54. The van der Waals surface area contributed by atoms with Crippen molar-refractivity contribution in [3.63, 3.8) is 0 Å². The molecule has 0 heterocycles. The molecular formula is C19H20BrN3O4.